The molecular weight excluding hydrogens is 338 g/mol. The van der Waals surface area contributed by atoms with Crippen LogP contribution in [-0.2, 0) is 22.5 Å². The number of aromatic nitrogens is 3. The quantitative estimate of drug-likeness (QED) is 0.767. The molecule has 5 nitrogen and oxygen atoms in total. The number of ether oxygens (including phenoxy) is 2. The number of fused-ring (bicyclic) bond motifs is 1. The van der Waals surface area contributed by atoms with Crippen LogP contribution in [0.3, 0.4) is 0 Å². The van der Waals surface area contributed by atoms with Crippen molar-refractivity contribution in [3.63, 3.8) is 0 Å². The Morgan fingerprint density at radius 2 is 1.85 bits per heavy atom. The number of hydrogen-bond donors (Lipinski definition) is 1. The monoisotopic (exact) mass is 359 g/mol. The third-order valence-electron chi connectivity index (χ3n) is 5.13. The first-order valence-corrected chi connectivity index (χ1v) is 9.37. The van der Waals surface area contributed by atoms with Gasteiger partial charge in [-0.05, 0) is 29.2 Å². The molecule has 0 fully saturated rings. The van der Waals surface area contributed by atoms with Crippen LogP contribution in [0.1, 0.15) is 23.5 Å². The fraction of sp³-hybridized carbons (Fsp3) is 0.273. The van der Waals surface area contributed by atoms with Crippen molar-refractivity contribution in [2.45, 2.75) is 19.4 Å². The van der Waals surface area contributed by atoms with Crippen molar-refractivity contribution >= 4 is 5.57 Å². The van der Waals surface area contributed by atoms with Gasteiger partial charge in [0.25, 0.3) is 0 Å². The molecule has 0 aliphatic carbocycles. The summed E-state index contributed by atoms with van der Waals surface area (Å²) in [5.74, 6) is 0.875. The summed E-state index contributed by atoms with van der Waals surface area (Å²) in [6.07, 6.45) is 5.74. The number of nitrogens with one attached hydrogen (secondary N) is 1. The van der Waals surface area contributed by atoms with Gasteiger partial charge in [0.1, 0.15) is 5.82 Å². The average molecular weight is 359 g/mol. The van der Waals surface area contributed by atoms with Gasteiger partial charge in [0.15, 0.2) is 0 Å². The normalized spacial score (nSPS) is 16.7. The lowest BCUT2D eigenvalue weighted by Crippen LogP contribution is -2.08. The summed E-state index contributed by atoms with van der Waals surface area (Å²) in [5.41, 5.74) is 7.75. The summed E-state index contributed by atoms with van der Waals surface area (Å²) in [5, 5.41) is 0. The summed E-state index contributed by atoms with van der Waals surface area (Å²) in [7, 11) is 0. The minimum Gasteiger partial charge on any atom is -0.377 e. The zero-order valence-corrected chi connectivity index (χ0v) is 15.1. The van der Waals surface area contributed by atoms with E-state index in [0.29, 0.717) is 13.2 Å². The maximum Gasteiger partial charge on any atom is 0.140 e. The molecule has 2 aliphatic heterocycles. The smallest absolute Gasteiger partial charge is 0.140 e. The second-order valence-electron chi connectivity index (χ2n) is 6.82. The molecule has 0 saturated carbocycles. The van der Waals surface area contributed by atoms with Gasteiger partial charge in [0.2, 0.25) is 0 Å². The molecule has 27 heavy (non-hydrogen) atoms. The van der Waals surface area contributed by atoms with Gasteiger partial charge in [0, 0.05) is 12.6 Å². The molecule has 1 aromatic carbocycles. The van der Waals surface area contributed by atoms with E-state index in [9.17, 15) is 0 Å². The predicted octanol–water partition coefficient (Wildman–Crippen LogP) is 4.02. The fourth-order valence-electron chi connectivity index (χ4n) is 3.78. The lowest BCUT2D eigenvalue weighted by molar-refractivity contribution is 0.107. The number of imidazole rings is 1. The zero-order chi connectivity index (χ0) is 18.1. The molecule has 0 bridgehead atoms. The molecule has 5 rings (SSSR count). The van der Waals surface area contributed by atoms with Gasteiger partial charge in [0.05, 0.1) is 49.1 Å². The molecule has 2 aromatic heterocycles. The van der Waals surface area contributed by atoms with Gasteiger partial charge in [-0.2, -0.15) is 0 Å². The van der Waals surface area contributed by atoms with Crippen molar-refractivity contribution < 1.29 is 9.47 Å². The highest BCUT2D eigenvalue weighted by molar-refractivity contribution is 5.88. The first-order valence-electron chi connectivity index (χ1n) is 9.37. The number of pyridine rings is 1. The van der Waals surface area contributed by atoms with E-state index in [1.807, 2.05) is 12.3 Å². The van der Waals surface area contributed by atoms with Crippen molar-refractivity contribution in [3.8, 4) is 22.5 Å². The van der Waals surface area contributed by atoms with Crippen LogP contribution in [0.15, 0.2) is 48.7 Å². The molecule has 3 aromatic rings. The summed E-state index contributed by atoms with van der Waals surface area (Å²) in [6, 6.07) is 12.5. The Labute approximate surface area is 158 Å². The van der Waals surface area contributed by atoms with E-state index in [2.05, 4.69) is 41.4 Å². The number of benzene rings is 1. The van der Waals surface area contributed by atoms with E-state index in [1.165, 1.54) is 5.57 Å². The van der Waals surface area contributed by atoms with Crippen LogP contribution < -0.4 is 0 Å². The Balaban J connectivity index is 1.73. The van der Waals surface area contributed by atoms with Gasteiger partial charge in [-0.1, -0.05) is 36.4 Å². The molecular formula is C22H21N3O2. The van der Waals surface area contributed by atoms with Crippen LogP contribution >= 0.6 is 0 Å². The van der Waals surface area contributed by atoms with Gasteiger partial charge in [-0.3, -0.25) is 4.98 Å². The number of hydrogen-bond acceptors (Lipinski definition) is 4. The Kier molecular flexibility index (Phi) is 4.32. The Bertz CT molecular complexity index is 969. The molecule has 0 radical (unpaired) electrons. The third kappa shape index (κ3) is 3.09. The Morgan fingerprint density at radius 1 is 0.963 bits per heavy atom. The number of H-pyrrole nitrogens is 1. The highest BCUT2D eigenvalue weighted by atomic mass is 16.5. The molecule has 136 valence electrons. The van der Waals surface area contributed by atoms with Crippen LogP contribution in [0.25, 0.3) is 28.1 Å². The summed E-state index contributed by atoms with van der Waals surface area (Å²) in [6.45, 7) is 2.68. The molecule has 0 unspecified atom stereocenters. The molecule has 1 N–H and O–H groups in total. The highest BCUT2D eigenvalue weighted by Gasteiger charge is 2.23. The summed E-state index contributed by atoms with van der Waals surface area (Å²) in [4.78, 5) is 13.2. The van der Waals surface area contributed by atoms with Crippen LogP contribution in [0, 0.1) is 0 Å². The molecule has 5 heteroatoms. The van der Waals surface area contributed by atoms with Crippen molar-refractivity contribution in [1.82, 2.24) is 15.0 Å². The van der Waals surface area contributed by atoms with Gasteiger partial charge in [-0.25, -0.2) is 4.98 Å². The first-order chi connectivity index (χ1) is 13.4. The van der Waals surface area contributed by atoms with Crippen LogP contribution in [0.4, 0.5) is 0 Å². The van der Waals surface area contributed by atoms with Crippen molar-refractivity contribution in [2.75, 3.05) is 19.8 Å². The number of nitrogens with zero attached hydrogens (tertiary/aromatic N) is 2. The zero-order valence-electron chi connectivity index (χ0n) is 15.1. The lowest BCUT2D eigenvalue weighted by Gasteiger charge is -2.18. The standard InChI is InChI=1S/C22H21N3O2/c1-2-4-15(5-3-1)17-6-10-23-21(16-7-11-26-12-8-16)20(17)22-24-18-9-13-27-14-19(18)25-22/h1-7,10H,8-9,11-14H2,(H,24,25). The molecule has 4 heterocycles. The Hall–Kier alpha value is -2.76. The van der Waals surface area contributed by atoms with E-state index in [0.717, 1.165) is 65.7 Å². The molecule has 2 aliphatic rings. The van der Waals surface area contributed by atoms with Crippen molar-refractivity contribution in [3.05, 3.63) is 65.8 Å². The summed E-state index contributed by atoms with van der Waals surface area (Å²) < 4.78 is 11.1. The summed E-state index contributed by atoms with van der Waals surface area (Å²) >= 11 is 0. The van der Waals surface area contributed by atoms with Gasteiger partial charge >= 0.3 is 0 Å². The topological polar surface area (TPSA) is 60.0 Å². The molecule has 0 atom stereocenters. The van der Waals surface area contributed by atoms with Crippen molar-refractivity contribution in [2.24, 2.45) is 0 Å². The fourth-order valence-corrected chi connectivity index (χ4v) is 3.78. The molecule has 0 saturated heterocycles. The van der Waals surface area contributed by atoms with E-state index < -0.39 is 0 Å². The molecule has 0 spiro atoms. The van der Waals surface area contributed by atoms with E-state index in [1.54, 1.807) is 0 Å². The second kappa shape index (κ2) is 7.10. The molecule has 0 amide bonds. The SMILES string of the molecule is C1=C(c2nccc(-c3ccccc3)c2-c2nc3c([nH]2)COCC3)CCOC1. The van der Waals surface area contributed by atoms with Crippen LogP contribution in [-0.4, -0.2) is 34.8 Å². The minimum absolute atomic E-state index is 0.592. The van der Waals surface area contributed by atoms with E-state index in [-0.39, 0.29) is 0 Å². The van der Waals surface area contributed by atoms with Crippen molar-refractivity contribution in [1.29, 1.82) is 0 Å². The van der Waals surface area contributed by atoms with Crippen LogP contribution in [0.5, 0.6) is 0 Å². The predicted molar refractivity (Wildman–Crippen MR) is 104 cm³/mol. The maximum atomic E-state index is 5.59. The largest absolute Gasteiger partial charge is 0.377 e. The van der Waals surface area contributed by atoms with E-state index >= 15 is 0 Å². The number of aromatic amines is 1. The first kappa shape index (κ1) is 16.4. The minimum atomic E-state index is 0.592. The van der Waals surface area contributed by atoms with Gasteiger partial charge in [-0.15, -0.1) is 0 Å². The average Bonchev–Trinajstić information content (AvgIpc) is 3.18. The van der Waals surface area contributed by atoms with Crippen LogP contribution in [0.2, 0.25) is 0 Å². The van der Waals surface area contributed by atoms with E-state index in [4.69, 9.17) is 19.4 Å². The third-order valence-corrected chi connectivity index (χ3v) is 5.13. The van der Waals surface area contributed by atoms with Gasteiger partial charge < -0.3 is 14.5 Å². The second-order valence-corrected chi connectivity index (χ2v) is 6.82. The highest BCUT2D eigenvalue weighted by Crippen LogP contribution is 2.37. The number of rotatable bonds is 3. The maximum absolute atomic E-state index is 5.59. The Morgan fingerprint density at radius 3 is 2.67 bits per heavy atom. The lowest BCUT2D eigenvalue weighted by atomic mass is 9.94.